The largest absolute Gasteiger partial charge is 0.444 e. The second kappa shape index (κ2) is 17.8. The molecule has 0 bridgehead atoms. The predicted molar refractivity (Wildman–Crippen MR) is 196 cm³/mol. The fraction of sp³-hybridized carbons (Fsp3) is 0.658. The van der Waals surface area contributed by atoms with E-state index in [1.807, 2.05) is 49.9 Å². The van der Waals surface area contributed by atoms with E-state index < -0.39 is 5.60 Å². The van der Waals surface area contributed by atoms with Gasteiger partial charge < -0.3 is 25.2 Å². The number of ether oxygens (including phenoxy) is 1. The van der Waals surface area contributed by atoms with Crippen LogP contribution < -0.4 is 5.32 Å². The molecule has 4 heterocycles. The molecule has 1 amide bonds. The summed E-state index contributed by atoms with van der Waals surface area (Å²) in [7, 11) is 0. The molecule has 0 saturated carbocycles. The Hall–Kier alpha value is -1.91. The van der Waals surface area contributed by atoms with Crippen LogP contribution >= 0.6 is 23.2 Å². The van der Waals surface area contributed by atoms with Gasteiger partial charge in [0.2, 0.25) is 0 Å². The first-order valence-electron chi connectivity index (χ1n) is 17.5. The molecule has 10 heteroatoms. The molecule has 4 atom stereocenters. The number of benzene rings is 2. The van der Waals surface area contributed by atoms with E-state index in [2.05, 4.69) is 39.4 Å². The summed E-state index contributed by atoms with van der Waals surface area (Å²) in [5.41, 5.74) is 2.10. The Morgan fingerprint density at radius 2 is 1.19 bits per heavy atom. The van der Waals surface area contributed by atoms with Crippen molar-refractivity contribution >= 4 is 29.3 Å². The number of halogens is 2. The Morgan fingerprint density at radius 1 is 0.771 bits per heavy atom. The SMILES string of the molecule is C.CC(C)(C)OC(=O)N1CCC(N2C[C@@H](O)CC2Cc2ccc(Cl)cc2)CC1.O[C@H]1CC(Cc2ccc(Cl)cc2)N(C2CCNCC2)C1. The number of hydrogen-bond donors (Lipinski definition) is 3. The van der Waals surface area contributed by atoms with Crippen LogP contribution in [0.3, 0.4) is 0 Å². The van der Waals surface area contributed by atoms with Crippen molar-refractivity contribution in [3.05, 3.63) is 69.7 Å². The number of likely N-dealkylation sites (tertiary alicyclic amines) is 3. The van der Waals surface area contributed by atoms with Gasteiger partial charge in [0.05, 0.1) is 12.2 Å². The average molecular weight is 706 g/mol. The number of nitrogens with zero attached hydrogens (tertiary/aromatic N) is 3. The molecular formula is C38H58Cl2N4O4. The van der Waals surface area contributed by atoms with E-state index in [1.54, 1.807) is 0 Å². The van der Waals surface area contributed by atoms with Gasteiger partial charge in [-0.3, -0.25) is 9.80 Å². The summed E-state index contributed by atoms with van der Waals surface area (Å²) in [5, 5.41) is 25.2. The number of aliphatic hydroxyl groups is 2. The number of β-amino-alcohol motifs (C(OH)–C–C–N with tert-alkyl or cyclic N) is 2. The van der Waals surface area contributed by atoms with E-state index in [1.165, 1.54) is 24.0 Å². The van der Waals surface area contributed by atoms with E-state index in [4.69, 9.17) is 27.9 Å². The van der Waals surface area contributed by atoms with Crippen molar-refractivity contribution in [1.82, 2.24) is 20.0 Å². The summed E-state index contributed by atoms with van der Waals surface area (Å²) in [5.74, 6) is 0. The minimum absolute atomic E-state index is 0. The zero-order valence-electron chi connectivity index (χ0n) is 28.3. The molecule has 2 unspecified atom stereocenters. The van der Waals surface area contributed by atoms with Gasteiger partial charge in [-0.2, -0.15) is 0 Å². The van der Waals surface area contributed by atoms with Crippen LogP contribution in [0.15, 0.2) is 48.5 Å². The molecule has 4 saturated heterocycles. The second-order valence-corrected chi connectivity index (χ2v) is 15.7. The molecule has 4 aliphatic heterocycles. The van der Waals surface area contributed by atoms with Crippen LogP contribution in [0.2, 0.25) is 10.0 Å². The molecule has 8 nitrogen and oxygen atoms in total. The lowest BCUT2D eigenvalue weighted by Crippen LogP contribution is -2.49. The number of carbonyl (C=O) groups excluding carboxylic acids is 1. The normalized spacial score (nSPS) is 26.1. The number of rotatable bonds is 6. The third-order valence-corrected chi connectivity index (χ3v) is 10.5. The number of amides is 1. The van der Waals surface area contributed by atoms with Crippen molar-refractivity contribution in [2.45, 2.75) is 122 Å². The predicted octanol–water partition coefficient (Wildman–Crippen LogP) is 6.42. The Labute approximate surface area is 298 Å². The van der Waals surface area contributed by atoms with E-state index in [0.29, 0.717) is 37.3 Å². The molecule has 4 aliphatic rings. The summed E-state index contributed by atoms with van der Waals surface area (Å²) < 4.78 is 5.49. The lowest BCUT2D eigenvalue weighted by molar-refractivity contribution is 0.0128. The minimum Gasteiger partial charge on any atom is -0.444 e. The molecule has 0 aliphatic carbocycles. The monoisotopic (exact) mass is 704 g/mol. The van der Waals surface area contributed by atoms with Crippen molar-refractivity contribution < 1.29 is 19.7 Å². The number of hydrogen-bond acceptors (Lipinski definition) is 7. The zero-order valence-corrected chi connectivity index (χ0v) is 29.8. The van der Waals surface area contributed by atoms with Crippen LogP contribution in [0, 0.1) is 0 Å². The summed E-state index contributed by atoms with van der Waals surface area (Å²) in [4.78, 5) is 19.1. The van der Waals surface area contributed by atoms with Crippen LogP contribution in [0.1, 0.15) is 77.8 Å². The first-order valence-corrected chi connectivity index (χ1v) is 18.2. The first kappa shape index (κ1) is 38.9. The van der Waals surface area contributed by atoms with E-state index >= 15 is 0 Å². The molecule has 6 rings (SSSR count). The van der Waals surface area contributed by atoms with Gasteiger partial charge in [-0.1, -0.05) is 54.9 Å². The van der Waals surface area contributed by atoms with Crippen LogP contribution in [-0.4, -0.2) is 112 Å². The van der Waals surface area contributed by atoms with Gasteiger partial charge in [0.25, 0.3) is 0 Å². The lowest BCUT2D eigenvalue weighted by Gasteiger charge is -2.39. The average Bonchev–Trinajstić information content (AvgIpc) is 3.60. The number of aliphatic hydroxyl groups excluding tert-OH is 2. The van der Waals surface area contributed by atoms with Crippen molar-refractivity contribution in [3.63, 3.8) is 0 Å². The molecule has 0 aromatic heterocycles. The molecule has 0 radical (unpaired) electrons. The molecular weight excluding hydrogens is 647 g/mol. The quantitative estimate of drug-likeness (QED) is 0.320. The molecule has 268 valence electrons. The van der Waals surface area contributed by atoms with Crippen molar-refractivity contribution in [2.75, 3.05) is 39.3 Å². The van der Waals surface area contributed by atoms with Gasteiger partial charge in [-0.15, -0.1) is 0 Å². The van der Waals surface area contributed by atoms with Gasteiger partial charge in [-0.25, -0.2) is 4.79 Å². The Balaban J connectivity index is 0.000000221. The third-order valence-electron chi connectivity index (χ3n) is 10.0. The highest BCUT2D eigenvalue weighted by atomic mass is 35.5. The standard InChI is InChI=1S/C21H31ClN2O3.C16H23ClN2O.CH4/c1-21(2,3)27-20(26)23-10-8-17(9-11-23)24-14-19(25)13-18(24)12-15-4-6-16(22)7-5-15;17-13-3-1-12(2-4-13)9-15-10-16(20)11-19(15)14-5-7-18-8-6-14;/h4-7,17-19,25H,8-14H2,1-3H3;1-4,14-16,18,20H,5-11H2;1H4/t18?,19-;15?,16-;/m00./s1. The third kappa shape index (κ3) is 11.3. The summed E-state index contributed by atoms with van der Waals surface area (Å²) >= 11 is 11.9. The van der Waals surface area contributed by atoms with Crippen molar-refractivity contribution in [3.8, 4) is 0 Å². The summed E-state index contributed by atoms with van der Waals surface area (Å²) in [6, 6.07) is 17.9. The molecule has 2 aromatic rings. The van der Waals surface area contributed by atoms with Crippen molar-refractivity contribution in [2.24, 2.45) is 0 Å². The van der Waals surface area contributed by atoms with E-state index in [9.17, 15) is 15.0 Å². The maximum atomic E-state index is 12.3. The first-order chi connectivity index (χ1) is 22.4. The summed E-state index contributed by atoms with van der Waals surface area (Å²) in [6.45, 7) is 10.9. The fourth-order valence-corrected chi connectivity index (χ4v) is 8.01. The van der Waals surface area contributed by atoms with Crippen molar-refractivity contribution in [1.29, 1.82) is 0 Å². The number of nitrogens with one attached hydrogen (secondary N) is 1. The maximum absolute atomic E-state index is 12.3. The van der Waals surface area contributed by atoms with E-state index in [-0.39, 0.29) is 25.7 Å². The van der Waals surface area contributed by atoms with Gasteiger partial charge in [0, 0.05) is 60.4 Å². The fourth-order valence-electron chi connectivity index (χ4n) is 7.76. The second-order valence-electron chi connectivity index (χ2n) is 14.8. The molecule has 48 heavy (non-hydrogen) atoms. The lowest BCUT2D eigenvalue weighted by atomic mass is 9.99. The van der Waals surface area contributed by atoms with Crippen LogP contribution in [0.4, 0.5) is 4.79 Å². The smallest absolute Gasteiger partial charge is 0.410 e. The molecule has 3 N–H and O–H groups in total. The minimum atomic E-state index is -0.462. The number of carbonyl (C=O) groups is 1. The number of piperidine rings is 2. The van der Waals surface area contributed by atoms with Gasteiger partial charge in [0.15, 0.2) is 0 Å². The molecule has 4 fully saturated rings. The highest BCUT2D eigenvalue weighted by Crippen LogP contribution is 2.30. The molecule has 2 aromatic carbocycles. The van der Waals surface area contributed by atoms with Crippen LogP contribution in [0.5, 0.6) is 0 Å². The Morgan fingerprint density at radius 3 is 1.60 bits per heavy atom. The maximum Gasteiger partial charge on any atom is 0.410 e. The summed E-state index contributed by atoms with van der Waals surface area (Å²) in [6.07, 6.45) is 7.20. The highest BCUT2D eigenvalue weighted by molar-refractivity contribution is 6.30. The van der Waals surface area contributed by atoms with Gasteiger partial charge in [0.1, 0.15) is 5.60 Å². The van der Waals surface area contributed by atoms with Gasteiger partial charge in [-0.05, 0) is 121 Å². The molecule has 0 spiro atoms. The van der Waals surface area contributed by atoms with Crippen LogP contribution in [-0.2, 0) is 17.6 Å². The Kier molecular flexibility index (Phi) is 14.5. The Bertz CT molecular complexity index is 1260. The van der Waals surface area contributed by atoms with Gasteiger partial charge >= 0.3 is 6.09 Å². The van der Waals surface area contributed by atoms with Crippen LogP contribution in [0.25, 0.3) is 0 Å². The van der Waals surface area contributed by atoms with E-state index in [0.717, 1.165) is 74.7 Å². The zero-order chi connectivity index (χ0) is 33.6. The highest BCUT2D eigenvalue weighted by Gasteiger charge is 2.38. The topological polar surface area (TPSA) is 88.5 Å².